The van der Waals surface area contributed by atoms with E-state index in [9.17, 15) is 4.79 Å². The van der Waals surface area contributed by atoms with Crippen LogP contribution in [0, 0.1) is 5.92 Å². The van der Waals surface area contributed by atoms with Crippen molar-refractivity contribution < 1.29 is 14.3 Å². The van der Waals surface area contributed by atoms with E-state index in [1.165, 1.54) is 12.8 Å². The molecule has 0 aliphatic carbocycles. The number of nitrogens with one attached hydrogen (secondary N) is 3. The van der Waals surface area contributed by atoms with Crippen molar-refractivity contribution in [2.45, 2.75) is 31.7 Å². The highest BCUT2D eigenvalue weighted by Gasteiger charge is 2.24. The Morgan fingerprint density at radius 3 is 2.52 bits per heavy atom. The third kappa shape index (κ3) is 8.50. The Morgan fingerprint density at radius 1 is 1.03 bits per heavy atom. The van der Waals surface area contributed by atoms with Crippen LogP contribution in [0.2, 0.25) is 0 Å². The second kappa shape index (κ2) is 15.2. The van der Waals surface area contributed by atoms with Gasteiger partial charge in [0, 0.05) is 18.9 Å². The third-order valence-electron chi connectivity index (χ3n) is 5.81. The van der Waals surface area contributed by atoms with E-state index in [-0.39, 0.29) is 49.9 Å². The van der Waals surface area contributed by atoms with Gasteiger partial charge in [0.2, 0.25) is 12.7 Å². The van der Waals surface area contributed by atoms with Crippen LogP contribution in [0.15, 0.2) is 42.7 Å². The number of hydrogen-bond donors (Lipinski definition) is 3. The van der Waals surface area contributed by atoms with E-state index in [4.69, 9.17) is 9.47 Å². The molecule has 1 aromatic heterocycles. The van der Waals surface area contributed by atoms with Crippen LogP contribution >= 0.6 is 37.2 Å². The third-order valence-corrected chi connectivity index (χ3v) is 5.81. The first kappa shape index (κ1) is 29.3. The molecule has 0 bridgehead atoms. The van der Waals surface area contributed by atoms with Gasteiger partial charge in [-0.2, -0.15) is 0 Å². The molecular formula is C23H33Cl3N4O3. The van der Waals surface area contributed by atoms with E-state index in [0.29, 0.717) is 18.2 Å². The van der Waals surface area contributed by atoms with Gasteiger partial charge < -0.3 is 25.4 Å². The molecule has 0 radical (unpaired) electrons. The number of ether oxygens (including phenoxy) is 2. The summed E-state index contributed by atoms with van der Waals surface area (Å²) in [5.41, 5.74) is 2.05. The molecule has 2 aliphatic heterocycles. The van der Waals surface area contributed by atoms with Crippen molar-refractivity contribution in [2.75, 3.05) is 33.0 Å². The average Bonchev–Trinajstić information content (AvgIpc) is 3.26. The molecule has 1 saturated heterocycles. The van der Waals surface area contributed by atoms with Crippen LogP contribution in [0.5, 0.6) is 11.5 Å². The predicted molar refractivity (Wildman–Crippen MR) is 136 cm³/mol. The first-order chi connectivity index (χ1) is 14.8. The maximum Gasteiger partial charge on any atom is 0.241 e. The Hall–Kier alpha value is -1.77. The standard InChI is InChI=1S/C23H30N4O3.3ClH/c28-23(27-14-8-18-5-11-25-12-6-18)22(26-13-7-17-3-9-24-10-4-17)19-1-2-20-21(15-19)30-16-29-20;;;/h1-2,5-6,11-12,15,17,22,24,26H,3-4,7-10,13-14,16H2,(H,27,28);3*1H. The van der Waals surface area contributed by atoms with Crippen molar-refractivity contribution in [3.63, 3.8) is 0 Å². The molecule has 2 aromatic rings. The lowest BCUT2D eigenvalue weighted by Crippen LogP contribution is -2.39. The molecule has 10 heteroatoms. The Morgan fingerprint density at radius 2 is 1.76 bits per heavy atom. The fourth-order valence-corrected chi connectivity index (χ4v) is 4.04. The van der Waals surface area contributed by atoms with Crippen LogP contribution in [0.1, 0.15) is 36.4 Å². The van der Waals surface area contributed by atoms with Gasteiger partial charge in [0.15, 0.2) is 11.5 Å². The second-order valence-corrected chi connectivity index (χ2v) is 7.88. The first-order valence-electron chi connectivity index (χ1n) is 10.8. The summed E-state index contributed by atoms with van der Waals surface area (Å²) < 4.78 is 10.9. The molecule has 33 heavy (non-hydrogen) atoms. The number of aromatic nitrogens is 1. The molecule has 3 N–H and O–H groups in total. The number of carbonyl (C=O) groups is 1. The number of carbonyl (C=O) groups excluding carboxylic acids is 1. The first-order valence-corrected chi connectivity index (χ1v) is 10.8. The summed E-state index contributed by atoms with van der Waals surface area (Å²) in [7, 11) is 0. The van der Waals surface area contributed by atoms with Gasteiger partial charge in [0.25, 0.3) is 0 Å². The molecule has 184 valence electrons. The normalized spacial score (nSPS) is 15.4. The SMILES string of the molecule is Cl.Cl.Cl.O=C(NCCc1ccncc1)C(NCCC1CCNCC1)c1ccc2c(c1)OCO2. The number of hydrogen-bond acceptors (Lipinski definition) is 6. The number of rotatable bonds is 9. The summed E-state index contributed by atoms with van der Waals surface area (Å²) in [5, 5.41) is 9.97. The van der Waals surface area contributed by atoms with Crippen LogP contribution in [0.4, 0.5) is 0 Å². The van der Waals surface area contributed by atoms with Crippen molar-refractivity contribution >= 4 is 43.1 Å². The van der Waals surface area contributed by atoms with Gasteiger partial charge in [-0.3, -0.25) is 9.78 Å². The number of pyridine rings is 1. The van der Waals surface area contributed by atoms with E-state index in [1.807, 2.05) is 30.3 Å². The minimum absolute atomic E-state index is 0. The number of nitrogens with zero attached hydrogens (tertiary/aromatic N) is 1. The zero-order chi connectivity index (χ0) is 20.6. The predicted octanol–water partition coefficient (Wildman–Crippen LogP) is 3.46. The molecular weight excluding hydrogens is 487 g/mol. The van der Waals surface area contributed by atoms with Crippen molar-refractivity contribution in [3.05, 3.63) is 53.9 Å². The van der Waals surface area contributed by atoms with Crippen molar-refractivity contribution in [3.8, 4) is 11.5 Å². The Bertz CT molecular complexity index is 839. The second-order valence-electron chi connectivity index (χ2n) is 7.88. The molecule has 1 aromatic carbocycles. The quantitative estimate of drug-likeness (QED) is 0.471. The molecule has 1 atom stereocenters. The fraction of sp³-hybridized carbons (Fsp3) is 0.478. The van der Waals surface area contributed by atoms with Crippen LogP contribution in [-0.2, 0) is 11.2 Å². The minimum atomic E-state index is -0.418. The topological polar surface area (TPSA) is 84.5 Å². The van der Waals surface area contributed by atoms with Gasteiger partial charge in [-0.15, -0.1) is 37.2 Å². The van der Waals surface area contributed by atoms with Crippen LogP contribution in [-0.4, -0.2) is 43.9 Å². The lowest BCUT2D eigenvalue weighted by Gasteiger charge is -2.24. The highest BCUT2D eigenvalue weighted by molar-refractivity contribution is 5.86. The molecule has 0 spiro atoms. The van der Waals surface area contributed by atoms with E-state index in [2.05, 4.69) is 20.9 Å². The molecule has 3 heterocycles. The van der Waals surface area contributed by atoms with E-state index in [0.717, 1.165) is 49.4 Å². The number of amides is 1. The lowest BCUT2D eigenvalue weighted by molar-refractivity contribution is -0.123. The Kier molecular flexibility index (Phi) is 13.5. The maximum atomic E-state index is 13.0. The Balaban J connectivity index is 0.00000181. The lowest BCUT2D eigenvalue weighted by atomic mass is 9.94. The minimum Gasteiger partial charge on any atom is -0.454 e. The number of piperidine rings is 1. The van der Waals surface area contributed by atoms with E-state index >= 15 is 0 Å². The van der Waals surface area contributed by atoms with Crippen molar-refractivity contribution in [1.29, 1.82) is 0 Å². The highest BCUT2D eigenvalue weighted by atomic mass is 35.5. The van der Waals surface area contributed by atoms with Gasteiger partial charge in [-0.05, 0) is 86.6 Å². The highest BCUT2D eigenvalue weighted by Crippen LogP contribution is 2.34. The van der Waals surface area contributed by atoms with Crippen molar-refractivity contribution in [2.24, 2.45) is 5.92 Å². The molecule has 2 aliphatic rings. The van der Waals surface area contributed by atoms with Gasteiger partial charge in [-0.1, -0.05) is 6.07 Å². The van der Waals surface area contributed by atoms with Crippen molar-refractivity contribution in [1.82, 2.24) is 20.9 Å². The zero-order valence-electron chi connectivity index (χ0n) is 18.5. The van der Waals surface area contributed by atoms with Crippen LogP contribution in [0.25, 0.3) is 0 Å². The molecule has 1 fully saturated rings. The smallest absolute Gasteiger partial charge is 0.241 e. The Labute approximate surface area is 214 Å². The van der Waals surface area contributed by atoms with Gasteiger partial charge >= 0.3 is 0 Å². The molecule has 4 rings (SSSR count). The molecule has 7 nitrogen and oxygen atoms in total. The largest absolute Gasteiger partial charge is 0.454 e. The molecule has 0 saturated carbocycles. The van der Waals surface area contributed by atoms with Crippen LogP contribution < -0.4 is 25.4 Å². The summed E-state index contributed by atoms with van der Waals surface area (Å²) in [6.07, 6.45) is 7.80. The van der Waals surface area contributed by atoms with Gasteiger partial charge in [-0.25, -0.2) is 0 Å². The van der Waals surface area contributed by atoms with E-state index in [1.54, 1.807) is 12.4 Å². The summed E-state index contributed by atoms with van der Waals surface area (Å²) in [4.78, 5) is 17.1. The number of benzene rings is 1. The van der Waals surface area contributed by atoms with Gasteiger partial charge in [0.1, 0.15) is 6.04 Å². The monoisotopic (exact) mass is 518 g/mol. The van der Waals surface area contributed by atoms with E-state index < -0.39 is 6.04 Å². The summed E-state index contributed by atoms with van der Waals surface area (Å²) in [6, 6.07) is 9.25. The van der Waals surface area contributed by atoms with Gasteiger partial charge in [0.05, 0.1) is 0 Å². The average molecular weight is 520 g/mol. The summed E-state index contributed by atoms with van der Waals surface area (Å²) in [6.45, 7) is 3.80. The molecule has 1 unspecified atom stereocenters. The summed E-state index contributed by atoms with van der Waals surface area (Å²) >= 11 is 0. The zero-order valence-corrected chi connectivity index (χ0v) is 20.9. The van der Waals surface area contributed by atoms with Crippen LogP contribution in [0.3, 0.4) is 0 Å². The maximum absolute atomic E-state index is 13.0. The molecule has 1 amide bonds. The summed E-state index contributed by atoms with van der Waals surface area (Å²) in [5.74, 6) is 2.12. The fourth-order valence-electron chi connectivity index (χ4n) is 4.04. The number of fused-ring (bicyclic) bond motifs is 1. The number of halogens is 3.